The van der Waals surface area contributed by atoms with Crippen LogP contribution >= 0.6 is 0 Å². The molecular weight excluding hydrogens is 614 g/mol. The number of anilines is 2. The van der Waals surface area contributed by atoms with Crippen molar-refractivity contribution in [1.82, 2.24) is 19.9 Å². The maximum Gasteiger partial charge on any atom is 0.257 e. The van der Waals surface area contributed by atoms with E-state index in [1.54, 1.807) is 6.07 Å². The summed E-state index contributed by atoms with van der Waals surface area (Å²) in [5, 5.41) is 5.14. The number of nitrogens with one attached hydrogen (secondary N) is 2. The number of carbonyl (C=O) groups excluding carboxylic acids is 2. The first-order valence-corrected chi connectivity index (χ1v) is 15.3. The van der Waals surface area contributed by atoms with Gasteiger partial charge in [-0.2, -0.15) is 0 Å². The molecule has 6 rings (SSSR count). The largest absolute Gasteiger partial charge is 0.488 e. The standard InChI is InChI=1S/C33H34F2N6O6/c1-44-30-28(46-14-2-11-41-12-15-45-16-13-41)18-26-29(40-30)27(37-20-36-26)19-47-23-7-8-25(24(35)17-23)39-32(43)33(9-10-33)31(42)38-22-5-3-21(34)4-6-22/h3-8,17-18,20H,2,9-16,19H2,1H3,(H,38,42)(H,39,43). The molecule has 2 N–H and O–H groups in total. The van der Waals surface area contributed by atoms with Crippen molar-refractivity contribution in [3.05, 3.63) is 72.2 Å². The quantitative estimate of drug-likeness (QED) is 0.159. The molecule has 2 amide bonds. The molecule has 2 fully saturated rings. The first-order valence-electron chi connectivity index (χ1n) is 15.3. The monoisotopic (exact) mass is 648 g/mol. The molecule has 0 unspecified atom stereocenters. The predicted octanol–water partition coefficient (Wildman–Crippen LogP) is 4.35. The van der Waals surface area contributed by atoms with Crippen molar-refractivity contribution in [2.24, 2.45) is 5.41 Å². The molecule has 0 bridgehead atoms. The molecule has 3 heterocycles. The van der Waals surface area contributed by atoms with E-state index in [-0.39, 0.29) is 23.9 Å². The lowest BCUT2D eigenvalue weighted by atomic mass is 10.0. The number of benzene rings is 2. The van der Waals surface area contributed by atoms with E-state index in [2.05, 4.69) is 30.5 Å². The number of ether oxygens (including phenoxy) is 4. The topological polar surface area (TPSA) is 137 Å². The summed E-state index contributed by atoms with van der Waals surface area (Å²) in [5.41, 5.74) is 0.364. The van der Waals surface area contributed by atoms with Crippen molar-refractivity contribution in [3.63, 3.8) is 0 Å². The van der Waals surface area contributed by atoms with E-state index in [0.29, 0.717) is 47.6 Å². The Labute approximate surface area is 269 Å². The van der Waals surface area contributed by atoms with Gasteiger partial charge in [0.05, 0.1) is 38.1 Å². The molecule has 2 aliphatic rings. The zero-order chi connectivity index (χ0) is 32.8. The molecule has 246 valence electrons. The fourth-order valence-corrected chi connectivity index (χ4v) is 5.20. The van der Waals surface area contributed by atoms with Crippen LogP contribution in [0.25, 0.3) is 11.0 Å². The highest BCUT2D eigenvalue weighted by Gasteiger charge is 2.56. The van der Waals surface area contributed by atoms with Gasteiger partial charge in [0, 0.05) is 37.5 Å². The fraction of sp³-hybridized carbons (Fsp3) is 0.364. The van der Waals surface area contributed by atoms with Gasteiger partial charge >= 0.3 is 0 Å². The highest BCUT2D eigenvalue weighted by Crippen LogP contribution is 2.47. The van der Waals surface area contributed by atoms with Gasteiger partial charge in [-0.1, -0.05) is 0 Å². The number of hydrogen-bond acceptors (Lipinski definition) is 10. The molecule has 2 aromatic heterocycles. The number of halogens is 2. The molecule has 1 saturated carbocycles. The molecule has 47 heavy (non-hydrogen) atoms. The SMILES string of the molecule is COc1nc2c(COc3ccc(NC(=O)C4(C(=O)Nc5ccc(F)cc5)CC4)c(F)c3)ncnc2cc1OCCCN1CCOCC1. The van der Waals surface area contributed by atoms with Gasteiger partial charge in [-0.05, 0) is 55.7 Å². The van der Waals surface area contributed by atoms with Gasteiger partial charge < -0.3 is 29.6 Å². The first-order chi connectivity index (χ1) is 22.8. The maximum absolute atomic E-state index is 15.1. The summed E-state index contributed by atoms with van der Waals surface area (Å²) in [6, 6.07) is 10.9. The lowest BCUT2D eigenvalue weighted by Crippen LogP contribution is -2.37. The van der Waals surface area contributed by atoms with Gasteiger partial charge in [-0.25, -0.2) is 23.7 Å². The van der Waals surface area contributed by atoms with Crippen LogP contribution in [0.4, 0.5) is 20.2 Å². The number of aromatic nitrogens is 3. The third kappa shape index (κ3) is 7.55. The molecule has 0 atom stereocenters. The molecule has 1 aliphatic carbocycles. The van der Waals surface area contributed by atoms with Crippen LogP contribution in [0, 0.1) is 17.0 Å². The van der Waals surface area contributed by atoms with Gasteiger partial charge in [0.1, 0.15) is 46.9 Å². The smallest absolute Gasteiger partial charge is 0.257 e. The fourth-order valence-electron chi connectivity index (χ4n) is 5.20. The Kier molecular flexibility index (Phi) is 9.68. The average molecular weight is 649 g/mol. The summed E-state index contributed by atoms with van der Waals surface area (Å²) in [4.78, 5) is 41.3. The number of pyridine rings is 1. The van der Waals surface area contributed by atoms with Gasteiger partial charge in [-0.3, -0.25) is 14.5 Å². The molecule has 14 heteroatoms. The summed E-state index contributed by atoms with van der Waals surface area (Å²) in [6.07, 6.45) is 2.83. The van der Waals surface area contributed by atoms with E-state index in [9.17, 15) is 14.0 Å². The van der Waals surface area contributed by atoms with Crippen LogP contribution < -0.4 is 24.8 Å². The lowest BCUT2D eigenvalue weighted by molar-refractivity contribution is -0.131. The Morgan fingerprint density at radius 3 is 2.47 bits per heavy atom. The number of amides is 2. The second kappa shape index (κ2) is 14.2. The second-order valence-electron chi connectivity index (χ2n) is 11.3. The number of hydrogen-bond donors (Lipinski definition) is 2. The Hall–Kier alpha value is -4.95. The van der Waals surface area contributed by atoms with E-state index in [1.165, 1.54) is 49.8 Å². The summed E-state index contributed by atoms with van der Waals surface area (Å²) in [6.45, 7) is 4.66. The zero-order valence-corrected chi connectivity index (χ0v) is 25.8. The molecule has 0 spiro atoms. The van der Waals surface area contributed by atoms with E-state index in [1.807, 2.05) is 0 Å². The molecule has 2 aromatic carbocycles. The van der Waals surface area contributed by atoms with Crippen LogP contribution in [0.1, 0.15) is 25.0 Å². The van der Waals surface area contributed by atoms with Gasteiger partial charge in [0.2, 0.25) is 11.8 Å². The van der Waals surface area contributed by atoms with Gasteiger partial charge in [0.15, 0.2) is 5.75 Å². The van der Waals surface area contributed by atoms with Crippen molar-refractivity contribution in [3.8, 4) is 17.4 Å². The van der Waals surface area contributed by atoms with E-state index < -0.39 is 28.9 Å². The minimum Gasteiger partial charge on any atom is -0.488 e. The van der Waals surface area contributed by atoms with E-state index in [4.69, 9.17) is 18.9 Å². The zero-order valence-electron chi connectivity index (χ0n) is 25.8. The van der Waals surface area contributed by atoms with E-state index in [0.717, 1.165) is 45.3 Å². The number of carbonyl (C=O) groups is 2. The number of morpholine rings is 1. The highest BCUT2D eigenvalue weighted by molar-refractivity contribution is 6.16. The first kappa shape index (κ1) is 32.0. The average Bonchev–Trinajstić information content (AvgIpc) is 3.90. The van der Waals surface area contributed by atoms with Crippen molar-refractivity contribution in [2.75, 3.05) is 57.2 Å². The molecule has 1 aliphatic heterocycles. The lowest BCUT2D eigenvalue weighted by Gasteiger charge is -2.26. The van der Waals surface area contributed by atoms with Crippen LogP contribution in [-0.2, 0) is 20.9 Å². The Balaban J connectivity index is 1.06. The van der Waals surface area contributed by atoms with Crippen LogP contribution in [-0.4, -0.2) is 78.2 Å². The van der Waals surface area contributed by atoms with Crippen molar-refractivity contribution in [2.45, 2.75) is 25.9 Å². The number of methoxy groups -OCH3 is 1. The predicted molar refractivity (Wildman–Crippen MR) is 167 cm³/mol. The van der Waals surface area contributed by atoms with Crippen molar-refractivity contribution < 1.29 is 37.3 Å². The molecule has 4 aromatic rings. The normalized spacial score (nSPS) is 15.6. The van der Waals surface area contributed by atoms with Gasteiger partial charge in [0.25, 0.3) is 5.88 Å². The molecule has 1 saturated heterocycles. The summed E-state index contributed by atoms with van der Waals surface area (Å²) < 4.78 is 50.9. The molecule has 0 radical (unpaired) electrons. The third-order valence-electron chi connectivity index (χ3n) is 8.08. The van der Waals surface area contributed by atoms with Crippen LogP contribution in [0.5, 0.6) is 17.4 Å². The Bertz CT molecular complexity index is 1750. The van der Waals surface area contributed by atoms with Crippen LogP contribution in [0.2, 0.25) is 0 Å². The van der Waals surface area contributed by atoms with Crippen LogP contribution in [0.15, 0.2) is 54.9 Å². The molecule has 12 nitrogen and oxygen atoms in total. The maximum atomic E-state index is 15.1. The summed E-state index contributed by atoms with van der Waals surface area (Å²) in [5.74, 6) is -1.41. The third-order valence-corrected chi connectivity index (χ3v) is 8.08. The van der Waals surface area contributed by atoms with Crippen LogP contribution in [0.3, 0.4) is 0 Å². The molecular formula is C33H34F2N6O6. The van der Waals surface area contributed by atoms with Crippen molar-refractivity contribution in [1.29, 1.82) is 0 Å². The summed E-state index contributed by atoms with van der Waals surface area (Å²) in [7, 11) is 1.50. The summed E-state index contributed by atoms with van der Waals surface area (Å²) >= 11 is 0. The van der Waals surface area contributed by atoms with Gasteiger partial charge in [-0.15, -0.1) is 0 Å². The highest BCUT2D eigenvalue weighted by atomic mass is 19.1. The Morgan fingerprint density at radius 1 is 0.979 bits per heavy atom. The van der Waals surface area contributed by atoms with Crippen molar-refractivity contribution >= 4 is 34.2 Å². The number of nitrogens with zero attached hydrogens (tertiary/aromatic N) is 4. The number of fused-ring (bicyclic) bond motifs is 1. The Morgan fingerprint density at radius 2 is 1.74 bits per heavy atom. The minimum atomic E-state index is -1.33. The van der Waals surface area contributed by atoms with E-state index >= 15 is 4.39 Å². The number of rotatable bonds is 13. The second-order valence-corrected chi connectivity index (χ2v) is 11.3. The minimum absolute atomic E-state index is 0.0489.